The van der Waals surface area contributed by atoms with Crippen LogP contribution in [0.25, 0.3) is 20.2 Å². The van der Waals surface area contributed by atoms with E-state index in [2.05, 4.69) is 10.0 Å². The van der Waals surface area contributed by atoms with Crippen molar-refractivity contribution < 1.29 is 27.7 Å². The predicted octanol–water partition coefficient (Wildman–Crippen LogP) is 6.72. The molecule has 0 aliphatic carbocycles. The van der Waals surface area contributed by atoms with Crippen LogP contribution in [0.5, 0.6) is 17.2 Å². The zero-order valence-electron chi connectivity index (χ0n) is 21.9. The van der Waals surface area contributed by atoms with Crippen molar-refractivity contribution >= 4 is 71.0 Å². The maximum atomic E-state index is 11.8. The minimum absolute atomic E-state index is 0. The number of halogens is 1. The molecule has 0 spiro atoms. The van der Waals surface area contributed by atoms with E-state index in [0.29, 0.717) is 17.1 Å². The number of fused-ring (bicyclic) bond motifs is 2. The second kappa shape index (κ2) is 12.2. The van der Waals surface area contributed by atoms with Gasteiger partial charge < -0.3 is 19.3 Å². The number of anilines is 1. The summed E-state index contributed by atoms with van der Waals surface area (Å²) in [7, 11) is -2.03. The van der Waals surface area contributed by atoms with Gasteiger partial charge in [-0.05, 0) is 42.0 Å². The van der Waals surface area contributed by atoms with Crippen molar-refractivity contribution in [2.45, 2.75) is 18.9 Å². The Kier molecular flexibility index (Phi) is 9.13. The molecule has 0 aliphatic rings. The fourth-order valence-electron chi connectivity index (χ4n) is 4.23. The van der Waals surface area contributed by atoms with Crippen LogP contribution in [0.1, 0.15) is 18.6 Å². The first-order valence-electron chi connectivity index (χ1n) is 12.0. The van der Waals surface area contributed by atoms with Crippen molar-refractivity contribution in [1.29, 1.82) is 0 Å². The molecule has 2 aromatic heterocycles. The number of sulfonamides is 1. The molecule has 1 unspecified atom stereocenters. The lowest BCUT2D eigenvalue weighted by Gasteiger charge is -2.33. The molecule has 8 nitrogen and oxygen atoms in total. The summed E-state index contributed by atoms with van der Waals surface area (Å²) >= 11 is 3.18. The minimum atomic E-state index is -3.58. The van der Waals surface area contributed by atoms with Crippen LogP contribution in [0.15, 0.2) is 77.5 Å². The average molecular weight is 621 g/mol. The van der Waals surface area contributed by atoms with Gasteiger partial charge in [0.2, 0.25) is 10.0 Å². The van der Waals surface area contributed by atoms with Gasteiger partial charge in [-0.15, -0.1) is 35.1 Å². The van der Waals surface area contributed by atoms with Gasteiger partial charge in [-0.1, -0.05) is 30.3 Å². The number of methoxy groups -OCH3 is 1. The number of phenols is 1. The van der Waals surface area contributed by atoms with Gasteiger partial charge in [-0.25, -0.2) is 13.7 Å². The highest BCUT2D eigenvalue weighted by Gasteiger charge is 2.32. The Balaban J connectivity index is 0.00000370. The molecule has 212 valence electrons. The van der Waals surface area contributed by atoms with Gasteiger partial charge in [0, 0.05) is 51.5 Å². The topological polar surface area (TPSA) is 106 Å². The van der Waals surface area contributed by atoms with E-state index in [1.54, 1.807) is 41.9 Å². The van der Waals surface area contributed by atoms with Crippen LogP contribution in [0, 0.1) is 0 Å². The van der Waals surface area contributed by atoms with Crippen LogP contribution < -0.4 is 19.5 Å². The molecule has 0 saturated carbocycles. The largest absolute Gasteiger partial charge is 0.506 e. The first kappa shape index (κ1) is 29.9. The Labute approximate surface area is 247 Å². The van der Waals surface area contributed by atoms with Gasteiger partial charge in [0.05, 0.1) is 18.0 Å². The molecule has 0 bridgehead atoms. The zero-order chi connectivity index (χ0) is 27.6. The van der Waals surface area contributed by atoms with E-state index in [0.717, 1.165) is 26.4 Å². The highest BCUT2D eigenvalue weighted by Crippen LogP contribution is 2.38. The maximum absolute atomic E-state index is 11.8. The highest BCUT2D eigenvalue weighted by atomic mass is 35.5. The number of hydrogen-bond donors (Lipinski definition) is 3. The molecule has 3 aromatic carbocycles. The SMILES string of the molecule is COC(CNC(C)(Oc1csc2ccccc12)Oc1csc2ccccc12)c1ccc(O)c(NS(C)(=O)=O)c1.Cl. The Morgan fingerprint density at radius 2 is 1.48 bits per heavy atom. The van der Waals surface area contributed by atoms with Gasteiger partial charge in [0.15, 0.2) is 0 Å². The second-order valence-electron chi connectivity index (χ2n) is 9.10. The molecule has 0 fully saturated rings. The van der Waals surface area contributed by atoms with Crippen molar-refractivity contribution in [1.82, 2.24) is 5.32 Å². The average Bonchev–Trinajstić information content (AvgIpc) is 3.49. The van der Waals surface area contributed by atoms with Crippen LogP contribution in [0.2, 0.25) is 0 Å². The summed E-state index contributed by atoms with van der Waals surface area (Å²) in [6, 6.07) is 20.7. The first-order valence-corrected chi connectivity index (χ1v) is 15.7. The van der Waals surface area contributed by atoms with Crippen molar-refractivity contribution in [3.8, 4) is 17.2 Å². The Morgan fingerprint density at radius 3 is 2.00 bits per heavy atom. The number of ether oxygens (including phenoxy) is 3. The minimum Gasteiger partial charge on any atom is -0.506 e. The van der Waals surface area contributed by atoms with Crippen molar-refractivity contribution in [3.05, 3.63) is 83.1 Å². The molecular formula is C28H29ClN2O6S3. The van der Waals surface area contributed by atoms with E-state index < -0.39 is 22.0 Å². The van der Waals surface area contributed by atoms with Crippen molar-refractivity contribution in [3.63, 3.8) is 0 Å². The molecule has 0 amide bonds. The molecule has 0 aliphatic heterocycles. The van der Waals surface area contributed by atoms with Crippen LogP contribution in [-0.4, -0.2) is 39.3 Å². The lowest BCUT2D eigenvalue weighted by Crippen LogP contribution is -2.54. The number of phenolic OH excluding ortho intramolecular Hbond substituents is 1. The summed E-state index contributed by atoms with van der Waals surface area (Å²) in [5.74, 6) is -0.112. The highest BCUT2D eigenvalue weighted by molar-refractivity contribution is 7.92. The summed E-state index contributed by atoms with van der Waals surface area (Å²) in [5.41, 5.74) is 0.722. The number of aromatic hydroxyl groups is 1. The molecule has 1 atom stereocenters. The van der Waals surface area contributed by atoms with E-state index >= 15 is 0 Å². The quantitative estimate of drug-likeness (QED) is 0.111. The zero-order valence-corrected chi connectivity index (χ0v) is 25.2. The lowest BCUT2D eigenvalue weighted by molar-refractivity contribution is -0.128. The summed E-state index contributed by atoms with van der Waals surface area (Å²) in [6.45, 7) is 2.06. The molecule has 5 aromatic rings. The number of rotatable bonds is 11. The predicted molar refractivity (Wildman–Crippen MR) is 165 cm³/mol. The van der Waals surface area contributed by atoms with Gasteiger partial charge in [0.25, 0.3) is 0 Å². The summed E-state index contributed by atoms with van der Waals surface area (Å²) in [6.07, 6.45) is 0.507. The smallest absolute Gasteiger partial charge is 0.310 e. The molecule has 0 saturated heterocycles. The fourth-order valence-corrected chi connectivity index (χ4v) is 6.52. The molecular weight excluding hydrogens is 592 g/mol. The summed E-state index contributed by atoms with van der Waals surface area (Å²) in [5, 5.41) is 19.4. The van der Waals surface area contributed by atoms with E-state index in [4.69, 9.17) is 14.2 Å². The number of nitrogens with one attached hydrogen (secondary N) is 2. The molecule has 3 N–H and O–H groups in total. The normalized spacial score (nSPS) is 12.7. The first-order chi connectivity index (χ1) is 18.6. The Morgan fingerprint density at radius 1 is 0.925 bits per heavy atom. The third-order valence-corrected chi connectivity index (χ3v) is 8.56. The van der Waals surface area contributed by atoms with Crippen LogP contribution in [0.3, 0.4) is 0 Å². The fraction of sp³-hybridized carbons (Fsp3) is 0.214. The van der Waals surface area contributed by atoms with Gasteiger partial charge in [-0.2, -0.15) is 0 Å². The van der Waals surface area contributed by atoms with Crippen LogP contribution in [-0.2, 0) is 14.8 Å². The second-order valence-corrected chi connectivity index (χ2v) is 12.7. The van der Waals surface area contributed by atoms with Crippen LogP contribution in [0.4, 0.5) is 5.69 Å². The standard InChI is InChI=1S/C28H28N2O6S3.ClH/c1-28(35-24-16-37-26-10-6-4-8-19(24)26,36-25-17-38-27-11-7-5-9-20(25)27)29-15-23(34-2)18-12-13-22(31)21(14-18)30-39(3,32)33;/h4-14,16-17,23,29-31H,15H2,1-3H3;1H. The van der Waals surface area contributed by atoms with Gasteiger partial charge >= 0.3 is 5.91 Å². The molecule has 12 heteroatoms. The van der Waals surface area contributed by atoms with E-state index in [-0.39, 0.29) is 30.4 Å². The van der Waals surface area contributed by atoms with Gasteiger partial charge in [0.1, 0.15) is 17.2 Å². The van der Waals surface area contributed by atoms with Crippen molar-refractivity contribution in [2.24, 2.45) is 0 Å². The molecule has 2 heterocycles. The third kappa shape index (κ3) is 6.80. The van der Waals surface area contributed by atoms with E-state index in [1.165, 1.54) is 6.07 Å². The third-order valence-electron chi connectivity index (χ3n) is 6.08. The molecule has 0 radical (unpaired) electrons. The lowest BCUT2D eigenvalue weighted by atomic mass is 10.1. The maximum Gasteiger partial charge on any atom is 0.310 e. The Bertz CT molecular complexity index is 1640. The molecule has 40 heavy (non-hydrogen) atoms. The number of thiophene rings is 2. The Hall–Kier alpha value is -3.06. The van der Waals surface area contributed by atoms with Gasteiger partial charge in [-0.3, -0.25) is 4.72 Å². The number of benzene rings is 3. The van der Waals surface area contributed by atoms with E-state index in [9.17, 15) is 13.5 Å². The molecule has 5 rings (SSSR count). The summed E-state index contributed by atoms with van der Waals surface area (Å²) < 4.78 is 46.8. The van der Waals surface area contributed by atoms with Crippen LogP contribution >= 0.6 is 35.1 Å². The van der Waals surface area contributed by atoms with Crippen molar-refractivity contribution in [2.75, 3.05) is 24.6 Å². The monoisotopic (exact) mass is 620 g/mol. The summed E-state index contributed by atoms with van der Waals surface area (Å²) in [4.78, 5) is 0. The number of hydrogen-bond acceptors (Lipinski definition) is 9. The van der Waals surface area contributed by atoms with E-state index in [1.807, 2.05) is 66.2 Å².